The first-order valence-corrected chi connectivity index (χ1v) is 4.40. The number of carbonyl (C=O) groups is 1. The average Bonchev–Trinajstić information content (AvgIpc) is 2.53. The number of Topliss-reactive ketones (excluding diaryl/α,β-unsaturated/α-hetero) is 1. The number of aromatic nitrogens is 1. The lowest BCUT2D eigenvalue weighted by Crippen LogP contribution is -2.14. The highest BCUT2D eigenvalue weighted by atomic mass is 16.3. The lowest BCUT2D eigenvalue weighted by atomic mass is 10.3. The van der Waals surface area contributed by atoms with Crippen molar-refractivity contribution in [3.05, 3.63) is 17.8 Å². The molecule has 0 saturated heterocycles. The maximum absolute atomic E-state index is 10.8. The largest absolute Gasteiger partial charge is 0.447 e. The van der Waals surface area contributed by atoms with E-state index in [0.717, 1.165) is 13.0 Å². The van der Waals surface area contributed by atoms with Crippen LogP contribution in [0.4, 0.5) is 0 Å². The van der Waals surface area contributed by atoms with Gasteiger partial charge in [-0.3, -0.25) is 4.79 Å². The van der Waals surface area contributed by atoms with Crippen LogP contribution in [0.3, 0.4) is 0 Å². The van der Waals surface area contributed by atoms with Crippen LogP contribution in [0.15, 0.2) is 10.7 Å². The second-order valence-corrected chi connectivity index (χ2v) is 2.86. The Morgan fingerprint density at radius 2 is 2.46 bits per heavy atom. The highest BCUT2D eigenvalue weighted by Crippen LogP contribution is 2.01. The lowest BCUT2D eigenvalue weighted by molar-refractivity contribution is 0.101. The Hall–Kier alpha value is -1.16. The number of nitrogens with zero attached hydrogens (tertiary/aromatic N) is 1. The van der Waals surface area contributed by atoms with Gasteiger partial charge >= 0.3 is 0 Å². The van der Waals surface area contributed by atoms with Crippen LogP contribution in [0.1, 0.15) is 36.6 Å². The molecular weight excluding hydrogens is 168 g/mol. The van der Waals surface area contributed by atoms with Crippen molar-refractivity contribution in [2.24, 2.45) is 0 Å². The molecule has 0 aromatic carbocycles. The summed E-state index contributed by atoms with van der Waals surface area (Å²) in [4.78, 5) is 14.8. The van der Waals surface area contributed by atoms with Gasteiger partial charge < -0.3 is 9.73 Å². The number of hydrogen-bond acceptors (Lipinski definition) is 4. The van der Waals surface area contributed by atoms with E-state index in [4.69, 9.17) is 4.42 Å². The van der Waals surface area contributed by atoms with Gasteiger partial charge in [0.2, 0.25) is 5.89 Å². The number of hydrogen-bond donors (Lipinski definition) is 1. The maximum atomic E-state index is 10.8. The van der Waals surface area contributed by atoms with Crippen LogP contribution in [-0.2, 0) is 6.54 Å². The summed E-state index contributed by atoms with van der Waals surface area (Å²) < 4.78 is 5.08. The van der Waals surface area contributed by atoms with Gasteiger partial charge in [-0.25, -0.2) is 4.98 Å². The molecule has 0 atom stereocenters. The molecule has 0 spiro atoms. The Balaban J connectivity index is 2.44. The predicted molar refractivity (Wildman–Crippen MR) is 48.5 cm³/mol. The highest BCUT2D eigenvalue weighted by molar-refractivity contribution is 5.91. The van der Waals surface area contributed by atoms with E-state index in [0.29, 0.717) is 18.1 Å². The van der Waals surface area contributed by atoms with E-state index in [2.05, 4.69) is 17.2 Å². The van der Waals surface area contributed by atoms with Gasteiger partial charge in [0.25, 0.3) is 0 Å². The van der Waals surface area contributed by atoms with Crippen molar-refractivity contribution in [2.45, 2.75) is 26.8 Å². The van der Waals surface area contributed by atoms with Crippen LogP contribution in [0.2, 0.25) is 0 Å². The van der Waals surface area contributed by atoms with Crippen LogP contribution in [0.5, 0.6) is 0 Å². The molecule has 0 fully saturated rings. The molecule has 4 nitrogen and oxygen atoms in total. The summed E-state index contributed by atoms with van der Waals surface area (Å²) in [7, 11) is 0. The first-order valence-electron chi connectivity index (χ1n) is 4.40. The highest BCUT2D eigenvalue weighted by Gasteiger charge is 2.06. The Kier molecular flexibility index (Phi) is 3.64. The van der Waals surface area contributed by atoms with Crippen molar-refractivity contribution in [1.29, 1.82) is 0 Å². The molecule has 13 heavy (non-hydrogen) atoms. The van der Waals surface area contributed by atoms with Crippen molar-refractivity contribution in [2.75, 3.05) is 6.54 Å². The summed E-state index contributed by atoms with van der Waals surface area (Å²) in [5, 5.41) is 3.14. The third-order valence-electron chi connectivity index (χ3n) is 1.62. The van der Waals surface area contributed by atoms with E-state index in [1.165, 1.54) is 13.2 Å². The van der Waals surface area contributed by atoms with E-state index in [-0.39, 0.29) is 5.78 Å². The van der Waals surface area contributed by atoms with Gasteiger partial charge in [0.15, 0.2) is 5.78 Å². The molecule has 0 aliphatic carbocycles. The minimum atomic E-state index is -0.0644. The predicted octanol–water partition coefficient (Wildman–Crippen LogP) is 1.38. The monoisotopic (exact) mass is 182 g/mol. The molecule has 0 aliphatic heterocycles. The molecule has 72 valence electrons. The summed E-state index contributed by atoms with van der Waals surface area (Å²) in [6.45, 7) is 5.07. The Morgan fingerprint density at radius 3 is 3.00 bits per heavy atom. The van der Waals surface area contributed by atoms with Gasteiger partial charge in [-0.1, -0.05) is 6.92 Å². The van der Waals surface area contributed by atoms with Crippen LogP contribution in [0.25, 0.3) is 0 Å². The first kappa shape index (κ1) is 9.92. The van der Waals surface area contributed by atoms with Crippen LogP contribution in [-0.4, -0.2) is 17.3 Å². The molecule has 0 bridgehead atoms. The quantitative estimate of drug-likeness (QED) is 0.552. The van der Waals surface area contributed by atoms with E-state index in [9.17, 15) is 4.79 Å². The van der Waals surface area contributed by atoms with Crippen molar-refractivity contribution in [1.82, 2.24) is 10.3 Å². The molecule has 1 aromatic rings. The molecule has 1 rings (SSSR count). The lowest BCUT2D eigenvalue weighted by Gasteiger charge is -1.96. The van der Waals surface area contributed by atoms with Crippen LogP contribution >= 0.6 is 0 Å². The third kappa shape index (κ3) is 2.99. The third-order valence-corrected chi connectivity index (χ3v) is 1.62. The Morgan fingerprint density at radius 1 is 1.69 bits per heavy atom. The van der Waals surface area contributed by atoms with Crippen molar-refractivity contribution in [3.8, 4) is 0 Å². The minimum Gasteiger partial charge on any atom is -0.447 e. The fourth-order valence-corrected chi connectivity index (χ4v) is 0.926. The maximum Gasteiger partial charge on any atom is 0.208 e. The zero-order chi connectivity index (χ0) is 9.68. The topological polar surface area (TPSA) is 55.1 Å². The van der Waals surface area contributed by atoms with Gasteiger partial charge in [-0.15, -0.1) is 0 Å². The molecule has 0 unspecified atom stereocenters. The fourth-order valence-electron chi connectivity index (χ4n) is 0.926. The molecule has 1 aromatic heterocycles. The number of ketones is 1. The number of carbonyl (C=O) groups excluding carboxylic acids is 1. The number of rotatable bonds is 5. The second kappa shape index (κ2) is 4.77. The molecule has 0 saturated carbocycles. The van der Waals surface area contributed by atoms with Gasteiger partial charge in [-0.05, 0) is 13.0 Å². The minimum absolute atomic E-state index is 0.0644. The molecular formula is C9H14N2O2. The molecule has 0 amide bonds. The van der Waals surface area contributed by atoms with E-state index in [1.54, 1.807) is 0 Å². The Labute approximate surface area is 77.3 Å². The van der Waals surface area contributed by atoms with E-state index < -0.39 is 0 Å². The first-order chi connectivity index (χ1) is 6.24. The molecule has 1 heterocycles. The summed E-state index contributed by atoms with van der Waals surface area (Å²) in [6, 6.07) is 0. The summed E-state index contributed by atoms with van der Waals surface area (Å²) in [5.74, 6) is 0.504. The average molecular weight is 182 g/mol. The van der Waals surface area contributed by atoms with E-state index in [1.807, 2.05) is 0 Å². The standard InChI is InChI=1S/C9H14N2O2/c1-3-4-10-5-9-11-8(6-13-9)7(2)12/h6,10H,3-5H2,1-2H3. The zero-order valence-electron chi connectivity index (χ0n) is 7.96. The van der Waals surface area contributed by atoms with Gasteiger partial charge in [-0.2, -0.15) is 0 Å². The van der Waals surface area contributed by atoms with Crippen LogP contribution in [0, 0.1) is 0 Å². The van der Waals surface area contributed by atoms with Crippen molar-refractivity contribution in [3.63, 3.8) is 0 Å². The second-order valence-electron chi connectivity index (χ2n) is 2.86. The van der Waals surface area contributed by atoms with Crippen molar-refractivity contribution < 1.29 is 9.21 Å². The number of nitrogens with one attached hydrogen (secondary N) is 1. The van der Waals surface area contributed by atoms with Crippen LogP contribution < -0.4 is 5.32 Å². The summed E-state index contributed by atoms with van der Waals surface area (Å²) >= 11 is 0. The molecule has 1 N–H and O–H groups in total. The summed E-state index contributed by atoms with van der Waals surface area (Å²) in [5.41, 5.74) is 0.397. The normalized spacial score (nSPS) is 10.3. The fraction of sp³-hybridized carbons (Fsp3) is 0.556. The van der Waals surface area contributed by atoms with Gasteiger partial charge in [0.1, 0.15) is 12.0 Å². The smallest absolute Gasteiger partial charge is 0.208 e. The van der Waals surface area contributed by atoms with E-state index >= 15 is 0 Å². The summed E-state index contributed by atoms with van der Waals surface area (Å²) in [6.07, 6.45) is 2.46. The molecule has 0 radical (unpaired) electrons. The zero-order valence-corrected chi connectivity index (χ0v) is 7.96. The molecule has 4 heteroatoms. The van der Waals surface area contributed by atoms with Crippen molar-refractivity contribution >= 4 is 5.78 Å². The van der Waals surface area contributed by atoms with Gasteiger partial charge in [0.05, 0.1) is 6.54 Å². The Bertz CT molecular complexity index is 281. The SMILES string of the molecule is CCCNCc1nc(C(C)=O)co1. The molecule has 0 aliphatic rings. The van der Waals surface area contributed by atoms with Gasteiger partial charge in [0, 0.05) is 6.92 Å². The number of oxazole rings is 1.